The summed E-state index contributed by atoms with van der Waals surface area (Å²) in [6, 6.07) is 7.68. The van der Waals surface area contributed by atoms with Crippen molar-refractivity contribution in [3.8, 4) is 5.75 Å². The van der Waals surface area contributed by atoms with Crippen molar-refractivity contribution in [2.45, 2.75) is 45.4 Å². The molecule has 0 radical (unpaired) electrons. The van der Waals surface area contributed by atoms with E-state index in [1.807, 2.05) is 0 Å². The zero-order valence-electron chi connectivity index (χ0n) is 17.2. The zero-order chi connectivity index (χ0) is 22.3. The highest BCUT2D eigenvalue weighted by Gasteiger charge is 2.25. The number of hydrogen-bond acceptors (Lipinski definition) is 6. The molecule has 2 rings (SSSR count). The van der Waals surface area contributed by atoms with Gasteiger partial charge in [-0.2, -0.15) is 0 Å². The third kappa shape index (κ3) is 7.39. The Morgan fingerprint density at radius 1 is 1.13 bits per heavy atom. The SMILES string of the molecule is COC(=O)C(Cc1ccc(OCc2c(Cl)cccc2Cl)cn1)NC(=O)OC(C)(C)C. The van der Waals surface area contributed by atoms with Crippen molar-refractivity contribution in [1.29, 1.82) is 0 Å². The molecule has 7 nitrogen and oxygen atoms in total. The van der Waals surface area contributed by atoms with E-state index in [2.05, 4.69) is 10.3 Å². The number of amides is 1. The van der Waals surface area contributed by atoms with E-state index in [0.29, 0.717) is 27.1 Å². The summed E-state index contributed by atoms with van der Waals surface area (Å²) in [6.07, 6.45) is 0.930. The summed E-state index contributed by atoms with van der Waals surface area (Å²) in [7, 11) is 1.25. The maximum atomic E-state index is 12.0. The summed E-state index contributed by atoms with van der Waals surface area (Å²) in [6.45, 7) is 5.38. The highest BCUT2D eigenvalue weighted by atomic mass is 35.5. The number of halogens is 2. The van der Waals surface area contributed by atoms with Gasteiger partial charge in [-0.1, -0.05) is 29.3 Å². The number of carbonyl (C=O) groups excluding carboxylic acids is 2. The van der Waals surface area contributed by atoms with E-state index in [9.17, 15) is 9.59 Å². The number of ether oxygens (including phenoxy) is 3. The Kier molecular flexibility index (Phi) is 8.32. The van der Waals surface area contributed by atoms with Gasteiger partial charge in [-0.05, 0) is 45.0 Å². The van der Waals surface area contributed by atoms with Gasteiger partial charge in [0.25, 0.3) is 0 Å². The van der Waals surface area contributed by atoms with Crippen molar-refractivity contribution in [3.05, 3.63) is 57.8 Å². The fourth-order valence-corrected chi connectivity index (χ4v) is 2.94. The molecule has 0 bridgehead atoms. The molecule has 1 amide bonds. The van der Waals surface area contributed by atoms with Crippen molar-refractivity contribution in [1.82, 2.24) is 10.3 Å². The second kappa shape index (κ2) is 10.5. The maximum absolute atomic E-state index is 12.0. The van der Waals surface area contributed by atoms with E-state index in [4.69, 9.17) is 37.4 Å². The first kappa shape index (κ1) is 23.8. The van der Waals surface area contributed by atoms with Crippen LogP contribution in [0.15, 0.2) is 36.5 Å². The quantitative estimate of drug-likeness (QED) is 0.616. The molecule has 1 N–H and O–H groups in total. The van der Waals surface area contributed by atoms with E-state index >= 15 is 0 Å². The van der Waals surface area contributed by atoms with E-state index in [1.165, 1.54) is 13.3 Å². The standard InChI is InChI=1S/C21H24Cl2N2O5/c1-21(2,3)30-20(27)25-18(19(26)28-4)10-13-8-9-14(11-24-13)29-12-15-16(22)6-5-7-17(15)23/h5-9,11,18H,10,12H2,1-4H3,(H,25,27). The topological polar surface area (TPSA) is 86.8 Å². The van der Waals surface area contributed by atoms with Gasteiger partial charge in [0.2, 0.25) is 0 Å². The molecule has 162 valence electrons. The number of benzene rings is 1. The molecule has 1 atom stereocenters. The molecule has 0 aliphatic carbocycles. The Hall–Kier alpha value is -2.51. The van der Waals surface area contributed by atoms with Gasteiger partial charge >= 0.3 is 12.1 Å². The highest BCUT2D eigenvalue weighted by molar-refractivity contribution is 6.35. The van der Waals surface area contributed by atoms with E-state index in [0.717, 1.165) is 0 Å². The summed E-state index contributed by atoms with van der Waals surface area (Å²) in [5.74, 6) is -0.0965. The van der Waals surface area contributed by atoms with Crippen LogP contribution < -0.4 is 10.1 Å². The van der Waals surface area contributed by atoms with Gasteiger partial charge in [0.05, 0.1) is 13.3 Å². The predicted octanol–water partition coefficient (Wildman–Crippen LogP) is 4.58. The number of pyridine rings is 1. The molecule has 2 aromatic rings. The lowest BCUT2D eigenvalue weighted by Gasteiger charge is -2.22. The first-order valence-corrected chi connectivity index (χ1v) is 9.92. The van der Waals surface area contributed by atoms with Gasteiger partial charge < -0.3 is 19.5 Å². The minimum atomic E-state index is -0.939. The number of nitrogens with zero attached hydrogens (tertiary/aromatic N) is 1. The number of esters is 1. The average molecular weight is 455 g/mol. The van der Waals surface area contributed by atoms with Crippen molar-refractivity contribution in [3.63, 3.8) is 0 Å². The smallest absolute Gasteiger partial charge is 0.408 e. The molecule has 1 aromatic carbocycles. The van der Waals surface area contributed by atoms with Crippen molar-refractivity contribution < 1.29 is 23.8 Å². The minimum absolute atomic E-state index is 0.128. The molecule has 0 spiro atoms. The normalized spacial score (nSPS) is 12.1. The maximum Gasteiger partial charge on any atom is 0.408 e. The monoisotopic (exact) mass is 454 g/mol. The molecule has 1 heterocycles. The van der Waals surface area contributed by atoms with Crippen LogP contribution in [-0.2, 0) is 27.3 Å². The number of nitrogens with one attached hydrogen (secondary N) is 1. The van der Waals surface area contributed by atoms with Crippen LogP contribution in [-0.4, -0.2) is 35.8 Å². The summed E-state index contributed by atoms with van der Waals surface area (Å²) in [5, 5.41) is 3.54. The molecule has 0 saturated carbocycles. The molecular weight excluding hydrogens is 431 g/mol. The van der Waals surface area contributed by atoms with Crippen molar-refractivity contribution in [2.75, 3.05) is 7.11 Å². The Morgan fingerprint density at radius 2 is 1.80 bits per heavy atom. The Bertz CT molecular complexity index is 862. The number of carbonyl (C=O) groups is 2. The molecule has 0 aliphatic heterocycles. The summed E-state index contributed by atoms with van der Waals surface area (Å²) < 4.78 is 15.6. The first-order valence-electron chi connectivity index (χ1n) is 9.17. The Balaban J connectivity index is 2.01. The molecule has 0 fully saturated rings. The highest BCUT2D eigenvalue weighted by Crippen LogP contribution is 2.25. The number of alkyl carbamates (subject to hydrolysis) is 1. The second-order valence-corrected chi connectivity index (χ2v) is 8.21. The lowest BCUT2D eigenvalue weighted by molar-refractivity contribution is -0.143. The molecule has 0 saturated heterocycles. The van der Waals surface area contributed by atoms with Gasteiger partial charge in [-0.15, -0.1) is 0 Å². The van der Waals surface area contributed by atoms with Gasteiger partial charge in [0.1, 0.15) is 24.0 Å². The molecular formula is C21H24Cl2N2O5. The summed E-state index contributed by atoms with van der Waals surface area (Å²) in [5.41, 5.74) is 0.550. The van der Waals surface area contributed by atoms with E-state index in [1.54, 1.807) is 51.1 Å². The van der Waals surface area contributed by atoms with Crippen LogP contribution in [0.2, 0.25) is 10.0 Å². The third-order valence-corrected chi connectivity index (χ3v) is 4.54. The van der Waals surface area contributed by atoms with Crippen LogP contribution in [0, 0.1) is 0 Å². The molecule has 1 aromatic heterocycles. The Morgan fingerprint density at radius 3 is 2.33 bits per heavy atom. The van der Waals surface area contributed by atoms with E-state index < -0.39 is 23.7 Å². The van der Waals surface area contributed by atoms with Crippen LogP contribution in [0.5, 0.6) is 5.75 Å². The van der Waals surface area contributed by atoms with Gasteiger partial charge in [-0.3, -0.25) is 4.98 Å². The van der Waals surface area contributed by atoms with Gasteiger partial charge in [0, 0.05) is 27.7 Å². The van der Waals surface area contributed by atoms with Crippen LogP contribution >= 0.6 is 23.2 Å². The summed E-state index contributed by atoms with van der Waals surface area (Å²) >= 11 is 12.3. The van der Waals surface area contributed by atoms with Gasteiger partial charge in [-0.25, -0.2) is 9.59 Å². The minimum Gasteiger partial charge on any atom is -0.487 e. The predicted molar refractivity (Wildman–Crippen MR) is 114 cm³/mol. The second-order valence-electron chi connectivity index (χ2n) is 7.40. The van der Waals surface area contributed by atoms with Crippen LogP contribution in [0.3, 0.4) is 0 Å². The number of rotatable bonds is 7. The fraction of sp³-hybridized carbons (Fsp3) is 0.381. The lowest BCUT2D eigenvalue weighted by Crippen LogP contribution is -2.45. The molecule has 0 aliphatic rings. The third-order valence-electron chi connectivity index (χ3n) is 3.83. The number of aromatic nitrogens is 1. The molecule has 9 heteroatoms. The average Bonchev–Trinajstić information content (AvgIpc) is 2.66. The Labute approximate surface area is 185 Å². The molecule has 1 unspecified atom stereocenters. The van der Waals surface area contributed by atoms with E-state index in [-0.39, 0.29) is 13.0 Å². The number of hydrogen-bond donors (Lipinski definition) is 1. The van der Waals surface area contributed by atoms with Crippen LogP contribution in [0.1, 0.15) is 32.0 Å². The fourth-order valence-electron chi connectivity index (χ4n) is 2.44. The summed E-state index contributed by atoms with van der Waals surface area (Å²) in [4.78, 5) is 28.3. The first-order chi connectivity index (χ1) is 14.1. The van der Waals surface area contributed by atoms with Crippen molar-refractivity contribution in [2.24, 2.45) is 0 Å². The van der Waals surface area contributed by atoms with Crippen LogP contribution in [0.4, 0.5) is 4.79 Å². The lowest BCUT2D eigenvalue weighted by atomic mass is 10.1. The van der Waals surface area contributed by atoms with Gasteiger partial charge in [0.15, 0.2) is 0 Å². The van der Waals surface area contributed by atoms with Crippen LogP contribution in [0.25, 0.3) is 0 Å². The number of methoxy groups -OCH3 is 1. The van der Waals surface area contributed by atoms with Crippen molar-refractivity contribution >= 4 is 35.3 Å². The molecule has 30 heavy (non-hydrogen) atoms. The zero-order valence-corrected chi connectivity index (χ0v) is 18.7. The largest absolute Gasteiger partial charge is 0.487 e.